The maximum atomic E-state index is 10.1. The van der Waals surface area contributed by atoms with Gasteiger partial charge in [0.15, 0.2) is 0 Å². The summed E-state index contributed by atoms with van der Waals surface area (Å²) in [5, 5.41) is 10.1. The Bertz CT molecular complexity index is 642. The van der Waals surface area contributed by atoms with Crippen LogP contribution in [0.5, 0.6) is 0 Å². The van der Waals surface area contributed by atoms with Crippen molar-refractivity contribution in [1.29, 1.82) is 5.26 Å². The zero-order chi connectivity index (χ0) is 20.7. The first-order valence-corrected chi connectivity index (χ1v) is 10.2. The van der Waals surface area contributed by atoms with Crippen molar-refractivity contribution in [2.75, 3.05) is 20.1 Å². The number of nitriles is 1. The van der Waals surface area contributed by atoms with Crippen molar-refractivity contribution >= 4 is 0 Å². The number of likely N-dealkylation sites (N-methyl/N-ethyl adjacent to an activating group) is 1. The average Bonchev–Trinajstić information content (AvgIpc) is 3.21. The number of rotatable bonds is 3. The van der Waals surface area contributed by atoms with E-state index in [1.807, 2.05) is 77.9 Å². The minimum Gasteiger partial charge on any atom is -0.299 e. The van der Waals surface area contributed by atoms with Gasteiger partial charge < -0.3 is 0 Å². The van der Waals surface area contributed by atoms with Gasteiger partial charge in [-0.15, -0.1) is 0 Å². The summed E-state index contributed by atoms with van der Waals surface area (Å²) in [5.41, 5.74) is 2.57. The fourth-order valence-corrected chi connectivity index (χ4v) is 3.07. The first-order chi connectivity index (χ1) is 13.3. The maximum Gasteiger partial charge on any atom is 0.129 e. The molecule has 3 rings (SSSR count). The summed E-state index contributed by atoms with van der Waals surface area (Å²) in [4.78, 5) is 2.23. The molecule has 0 unspecified atom stereocenters. The Morgan fingerprint density at radius 2 is 1.19 bits per heavy atom. The third kappa shape index (κ3) is 5.81. The zero-order valence-electron chi connectivity index (χ0n) is 18.2. The second-order valence-corrected chi connectivity index (χ2v) is 5.52. The molecule has 1 aliphatic rings. The SMILES string of the molecule is CC.CC.CC.CN1CC=C(C(C#N)(c2ccccc2)c2ccccc2)C1. The van der Waals surface area contributed by atoms with Gasteiger partial charge in [-0.2, -0.15) is 5.26 Å². The fourth-order valence-electron chi connectivity index (χ4n) is 3.07. The van der Waals surface area contributed by atoms with Gasteiger partial charge in [0, 0.05) is 13.1 Å². The van der Waals surface area contributed by atoms with Crippen molar-refractivity contribution < 1.29 is 0 Å². The van der Waals surface area contributed by atoms with Crippen LogP contribution in [0.15, 0.2) is 72.3 Å². The van der Waals surface area contributed by atoms with Crippen LogP contribution >= 0.6 is 0 Å². The highest BCUT2D eigenvalue weighted by molar-refractivity contribution is 5.56. The van der Waals surface area contributed by atoms with Gasteiger partial charge in [0.1, 0.15) is 5.41 Å². The molecule has 2 nitrogen and oxygen atoms in total. The van der Waals surface area contributed by atoms with Crippen molar-refractivity contribution in [1.82, 2.24) is 4.90 Å². The summed E-state index contributed by atoms with van der Waals surface area (Å²) in [6.07, 6.45) is 2.20. The quantitative estimate of drug-likeness (QED) is 0.585. The fraction of sp³-hybridized carbons (Fsp3) is 0.400. The Morgan fingerprint density at radius 1 is 0.778 bits per heavy atom. The van der Waals surface area contributed by atoms with Crippen LogP contribution in [0, 0.1) is 11.3 Å². The molecule has 1 heterocycles. The Kier molecular flexibility index (Phi) is 12.6. The number of benzene rings is 2. The van der Waals surface area contributed by atoms with E-state index in [-0.39, 0.29) is 0 Å². The summed E-state index contributed by atoms with van der Waals surface area (Å²) in [6.45, 7) is 13.7. The van der Waals surface area contributed by atoms with Crippen LogP contribution in [0.2, 0.25) is 0 Å². The van der Waals surface area contributed by atoms with Gasteiger partial charge in [0.05, 0.1) is 6.07 Å². The van der Waals surface area contributed by atoms with Crippen molar-refractivity contribution in [2.24, 2.45) is 0 Å². The van der Waals surface area contributed by atoms with E-state index in [1.54, 1.807) is 0 Å². The summed E-state index contributed by atoms with van der Waals surface area (Å²) < 4.78 is 0. The van der Waals surface area contributed by atoms with E-state index < -0.39 is 5.41 Å². The molecule has 0 atom stereocenters. The molecule has 0 fully saturated rings. The van der Waals surface area contributed by atoms with Crippen molar-refractivity contribution in [3.05, 3.63) is 83.4 Å². The smallest absolute Gasteiger partial charge is 0.129 e. The monoisotopic (exact) mass is 364 g/mol. The molecule has 1 aliphatic heterocycles. The van der Waals surface area contributed by atoms with E-state index in [1.165, 1.54) is 5.57 Å². The lowest BCUT2D eigenvalue weighted by Gasteiger charge is -2.30. The summed E-state index contributed by atoms with van der Waals surface area (Å²) >= 11 is 0. The maximum absolute atomic E-state index is 10.1. The molecule has 0 aliphatic carbocycles. The molecule has 0 bridgehead atoms. The van der Waals surface area contributed by atoms with Gasteiger partial charge in [0.25, 0.3) is 0 Å². The van der Waals surface area contributed by atoms with E-state index in [0.717, 1.165) is 24.2 Å². The topological polar surface area (TPSA) is 27.0 Å². The second kappa shape index (κ2) is 13.8. The largest absolute Gasteiger partial charge is 0.299 e. The summed E-state index contributed by atoms with van der Waals surface area (Å²) in [7, 11) is 2.08. The van der Waals surface area contributed by atoms with Gasteiger partial charge in [-0.25, -0.2) is 0 Å². The van der Waals surface area contributed by atoms with Crippen LogP contribution in [-0.4, -0.2) is 25.0 Å². The zero-order valence-corrected chi connectivity index (χ0v) is 18.2. The van der Waals surface area contributed by atoms with Crippen molar-refractivity contribution in [3.8, 4) is 6.07 Å². The van der Waals surface area contributed by atoms with Crippen LogP contribution in [0.25, 0.3) is 0 Å². The summed E-state index contributed by atoms with van der Waals surface area (Å²) in [5.74, 6) is 0. The first kappa shape index (κ1) is 24.6. The van der Waals surface area contributed by atoms with E-state index in [0.29, 0.717) is 0 Å². The Labute approximate surface area is 167 Å². The highest BCUT2D eigenvalue weighted by atomic mass is 15.1. The molecule has 0 amide bonds. The van der Waals surface area contributed by atoms with E-state index in [9.17, 15) is 5.26 Å². The van der Waals surface area contributed by atoms with E-state index in [4.69, 9.17) is 0 Å². The van der Waals surface area contributed by atoms with Crippen molar-refractivity contribution in [3.63, 3.8) is 0 Å². The molecule has 2 heteroatoms. The lowest BCUT2D eigenvalue weighted by atomic mass is 9.70. The molecule has 2 aromatic carbocycles. The lowest BCUT2D eigenvalue weighted by molar-refractivity contribution is 0.421. The highest BCUT2D eigenvalue weighted by Gasteiger charge is 2.40. The Hall–Kier alpha value is -2.37. The van der Waals surface area contributed by atoms with Crippen LogP contribution in [0.4, 0.5) is 0 Å². The average molecular weight is 365 g/mol. The van der Waals surface area contributed by atoms with Crippen LogP contribution < -0.4 is 0 Å². The van der Waals surface area contributed by atoms with Gasteiger partial charge in [0.2, 0.25) is 0 Å². The third-order valence-electron chi connectivity index (χ3n) is 4.15. The second-order valence-electron chi connectivity index (χ2n) is 5.52. The van der Waals surface area contributed by atoms with Gasteiger partial charge in [-0.3, -0.25) is 4.90 Å². The molecule has 0 aromatic heterocycles. The standard InChI is InChI=1S/C19H18N2.3C2H6/c1-21-13-12-18(14-21)19(15-20,16-8-4-2-5-9-16)17-10-6-3-7-11-17;3*1-2/h2-12H,13-14H2,1H3;3*1-2H3. The van der Waals surface area contributed by atoms with E-state index >= 15 is 0 Å². The molecule has 0 saturated heterocycles. The van der Waals surface area contributed by atoms with Crippen LogP contribution in [-0.2, 0) is 5.41 Å². The molecule has 0 N–H and O–H groups in total. The van der Waals surface area contributed by atoms with Gasteiger partial charge in [-0.05, 0) is 23.7 Å². The predicted octanol–water partition coefficient (Wildman–Crippen LogP) is 6.45. The molecular weight excluding hydrogens is 328 g/mol. The number of hydrogen-bond acceptors (Lipinski definition) is 2. The van der Waals surface area contributed by atoms with Crippen LogP contribution in [0.1, 0.15) is 52.7 Å². The predicted molar refractivity (Wildman–Crippen MR) is 119 cm³/mol. The lowest BCUT2D eigenvalue weighted by Crippen LogP contribution is -2.31. The minimum absolute atomic E-state index is 0.687. The molecule has 27 heavy (non-hydrogen) atoms. The van der Waals surface area contributed by atoms with E-state index in [2.05, 4.69) is 48.4 Å². The van der Waals surface area contributed by atoms with Crippen LogP contribution in [0.3, 0.4) is 0 Å². The van der Waals surface area contributed by atoms with Gasteiger partial charge in [-0.1, -0.05) is 108 Å². The number of nitrogens with zero attached hydrogens (tertiary/aromatic N) is 2. The number of hydrogen-bond donors (Lipinski definition) is 0. The normalized spacial score (nSPS) is 12.7. The van der Waals surface area contributed by atoms with Gasteiger partial charge >= 0.3 is 0 Å². The van der Waals surface area contributed by atoms with Crippen molar-refractivity contribution in [2.45, 2.75) is 47.0 Å². The molecule has 2 aromatic rings. The Balaban J connectivity index is 0.00000103. The molecule has 0 radical (unpaired) electrons. The molecule has 146 valence electrons. The molecular formula is C25H36N2. The molecule has 0 saturated carbocycles. The third-order valence-corrected chi connectivity index (χ3v) is 4.15. The molecule has 0 spiro atoms. The summed E-state index contributed by atoms with van der Waals surface area (Å²) in [6, 6.07) is 22.8. The minimum atomic E-state index is -0.687. The first-order valence-electron chi connectivity index (χ1n) is 10.2. The Morgan fingerprint density at radius 3 is 1.48 bits per heavy atom. The highest BCUT2D eigenvalue weighted by Crippen LogP contribution is 2.40.